The molecular weight excluding hydrogens is 264 g/mol. The van der Waals surface area contributed by atoms with Gasteiger partial charge in [0.2, 0.25) is 0 Å². The molecule has 0 unspecified atom stereocenters. The molecule has 3 nitrogen and oxygen atoms in total. The number of rotatable bonds is 0. The molecule has 5 heavy (non-hydrogen) atoms. The Hall–Kier alpha value is 1.09. The van der Waals surface area contributed by atoms with Gasteiger partial charge >= 0.3 is 29.6 Å². The maximum atomic E-state index is 8.11. The van der Waals surface area contributed by atoms with Gasteiger partial charge in [-0.25, -0.2) is 0 Å². The van der Waals surface area contributed by atoms with Crippen LogP contribution in [-0.4, -0.2) is 34.8 Å². The predicted octanol–water partition coefficient (Wildman–Crippen LogP) is -0.509. The minimum absolute atomic E-state index is 0. The summed E-state index contributed by atoms with van der Waals surface area (Å²) in [6.45, 7) is 0. The molecule has 0 aromatic rings. The van der Waals surface area contributed by atoms with Gasteiger partial charge in [0, 0.05) is 21.1 Å². The monoisotopic (exact) mass is 266 g/mol. The summed E-state index contributed by atoms with van der Waals surface area (Å²) in [5.74, 6) is 0. The van der Waals surface area contributed by atoms with Crippen molar-refractivity contribution in [2.45, 2.75) is 0 Å². The summed E-state index contributed by atoms with van der Waals surface area (Å²) in [7, 11) is 0. The molecule has 1 N–H and O–H groups in total. The first-order valence-electron chi connectivity index (χ1n) is 0.383. The molecule has 5 heteroatoms. The van der Waals surface area contributed by atoms with Crippen LogP contribution in [0, 0.1) is 4.91 Å². The van der Waals surface area contributed by atoms with Crippen LogP contribution in [0.4, 0.5) is 0 Å². The summed E-state index contributed by atoms with van der Waals surface area (Å²) in [6.07, 6.45) is 0. The Morgan fingerprint density at radius 3 is 1.60 bits per heavy atom. The molecule has 0 aromatic heterocycles. The summed E-state index contributed by atoms with van der Waals surface area (Å²) < 4.78 is 0. The summed E-state index contributed by atoms with van der Waals surface area (Å²) in [4.78, 5) is 8.11. The van der Waals surface area contributed by atoms with Crippen molar-refractivity contribution in [3.05, 3.63) is 4.91 Å². The molecule has 0 aromatic carbocycles. The zero-order valence-electron chi connectivity index (χ0n) is 1.62. The third kappa shape index (κ3) is 41.0. The van der Waals surface area contributed by atoms with Gasteiger partial charge in [-0.05, 0) is 0 Å². The molecular formula is H2NNaO2Pt. The second kappa shape index (κ2) is 19.5. The molecule has 30 valence electrons. The minimum atomic E-state index is 0. The van der Waals surface area contributed by atoms with E-state index in [1.54, 1.807) is 0 Å². The van der Waals surface area contributed by atoms with Crippen molar-refractivity contribution < 1.29 is 26.3 Å². The van der Waals surface area contributed by atoms with Crippen LogP contribution in [-0.2, 0) is 21.1 Å². The van der Waals surface area contributed by atoms with E-state index in [0.29, 0.717) is 0 Å². The molecule has 0 heterocycles. The number of nitrogens with zero attached hydrogens (tertiary/aromatic N) is 1. The Morgan fingerprint density at radius 1 is 1.60 bits per heavy atom. The number of hydrogen-bond donors (Lipinski definition) is 1. The van der Waals surface area contributed by atoms with Gasteiger partial charge in [-0.3, -0.25) is 0 Å². The molecule has 0 rings (SSSR count). The van der Waals surface area contributed by atoms with Crippen molar-refractivity contribution in [1.29, 1.82) is 0 Å². The largest absolute Gasteiger partial charge is 0 e. The van der Waals surface area contributed by atoms with E-state index in [-0.39, 0.29) is 50.6 Å². The smallest absolute Gasteiger partial charge is 0 e. The summed E-state index contributed by atoms with van der Waals surface area (Å²) >= 11 is 0. The summed E-state index contributed by atoms with van der Waals surface area (Å²) in [6, 6.07) is 0. The zero-order valence-corrected chi connectivity index (χ0v) is 3.89. The van der Waals surface area contributed by atoms with Crippen molar-refractivity contribution in [3.8, 4) is 0 Å². The summed E-state index contributed by atoms with van der Waals surface area (Å²) in [5, 5.41) is 7.89. The fourth-order valence-electron chi connectivity index (χ4n) is 0. The van der Waals surface area contributed by atoms with Gasteiger partial charge in [0.15, 0.2) is 5.34 Å². The quantitative estimate of drug-likeness (QED) is 0.365. The van der Waals surface area contributed by atoms with E-state index < -0.39 is 0 Å². The van der Waals surface area contributed by atoms with Gasteiger partial charge in [0.1, 0.15) is 0 Å². The molecule has 0 bridgehead atoms. The fourth-order valence-corrected chi connectivity index (χ4v) is 0. The van der Waals surface area contributed by atoms with Crippen molar-refractivity contribution >= 4 is 29.6 Å². The van der Waals surface area contributed by atoms with E-state index in [9.17, 15) is 0 Å². The minimum Gasteiger partial charge on any atom is 0 e. The molecule has 0 amide bonds. The van der Waals surface area contributed by atoms with Crippen LogP contribution in [0.5, 0.6) is 0 Å². The van der Waals surface area contributed by atoms with E-state index in [1.165, 1.54) is 5.34 Å². The molecule has 0 aliphatic rings. The van der Waals surface area contributed by atoms with Crippen molar-refractivity contribution in [2.24, 2.45) is 5.34 Å². The fraction of sp³-hybridized carbons (Fsp3) is 0. The first kappa shape index (κ1) is 16.5. The Labute approximate surface area is 65.6 Å². The molecule has 0 saturated heterocycles. The van der Waals surface area contributed by atoms with Crippen LogP contribution in [0.1, 0.15) is 0 Å². The second-order valence-electron chi connectivity index (χ2n) is 0.0816. The SMILES string of the molecule is O=NO.[NaH].[Pt]. The normalized spacial score (nSPS) is 2.40. The van der Waals surface area contributed by atoms with Crippen LogP contribution < -0.4 is 0 Å². The topological polar surface area (TPSA) is 49.7 Å². The van der Waals surface area contributed by atoms with Crippen molar-refractivity contribution in [3.63, 3.8) is 0 Å². The van der Waals surface area contributed by atoms with Crippen LogP contribution in [0.2, 0.25) is 0 Å². The zero-order chi connectivity index (χ0) is 2.71. The van der Waals surface area contributed by atoms with E-state index in [4.69, 9.17) is 10.1 Å². The van der Waals surface area contributed by atoms with Crippen molar-refractivity contribution in [2.75, 3.05) is 0 Å². The van der Waals surface area contributed by atoms with Crippen LogP contribution in [0.25, 0.3) is 0 Å². The van der Waals surface area contributed by atoms with Crippen LogP contribution in [0.15, 0.2) is 5.34 Å². The Bertz CT molecular complexity index is 17.1. The van der Waals surface area contributed by atoms with E-state index in [2.05, 4.69) is 0 Å². The van der Waals surface area contributed by atoms with Gasteiger partial charge in [-0.1, -0.05) is 0 Å². The number of hydrogen-bond acceptors (Lipinski definition) is 2. The molecule has 0 fully saturated rings. The first-order chi connectivity index (χ1) is 1.41. The molecule has 0 spiro atoms. The maximum absolute atomic E-state index is 8.11. The standard InChI is InChI=1S/HNO2.Na.Pt.H/c2-1-3;;;/h(H,2,3);;;. The third-order valence-electron chi connectivity index (χ3n) is 0. The van der Waals surface area contributed by atoms with Gasteiger partial charge in [0.25, 0.3) is 0 Å². The van der Waals surface area contributed by atoms with E-state index in [0.717, 1.165) is 0 Å². The molecule has 0 atom stereocenters. The van der Waals surface area contributed by atoms with Gasteiger partial charge in [0.05, 0.1) is 0 Å². The Morgan fingerprint density at radius 2 is 1.60 bits per heavy atom. The van der Waals surface area contributed by atoms with Crippen LogP contribution in [0.3, 0.4) is 0 Å². The molecule has 0 radical (unpaired) electrons. The molecule has 0 aliphatic heterocycles. The Kier molecular flexibility index (Phi) is 64.5. The maximum Gasteiger partial charge on any atom is 0 e. The van der Waals surface area contributed by atoms with Crippen LogP contribution >= 0.6 is 0 Å². The van der Waals surface area contributed by atoms with E-state index in [1.807, 2.05) is 0 Å². The average Bonchev–Trinajstić information content (AvgIpc) is 0.918. The van der Waals surface area contributed by atoms with Gasteiger partial charge in [-0.15, -0.1) is 4.91 Å². The van der Waals surface area contributed by atoms with Gasteiger partial charge in [-0.2, -0.15) is 0 Å². The third-order valence-corrected chi connectivity index (χ3v) is 0. The first-order valence-corrected chi connectivity index (χ1v) is 0.383. The average molecular weight is 266 g/mol. The van der Waals surface area contributed by atoms with Crippen molar-refractivity contribution in [1.82, 2.24) is 0 Å². The van der Waals surface area contributed by atoms with Gasteiger partial charge < -0.3 is 5.21 Å². The summed E-state index contributed by atoms with van der Waals surface area (Å²) in [5.41, 5.74) is 0. The van der Waals surface area contributed by atoms with E-state index >= 15 is 0 Å². The molecule has 0 aliphatic carbocycles. The Balaban J connectivity index is -0.0000000200. The second-order valence-corrected chi connectivity index (χ2v) is 0.0816. The predicted molar refractivity (Wildman–Crippen MR) is 14.7 cm³/mol. The molecule has 0 saturated carbocycles.